The molecule has 2 heterocycles. The molecule has 2 saturated heterocycles. The number of piperidine rings is 1. The molecule has 37 heavy (non-hydrogen) atoms. The van der Waals surface area contributed by atoms with Crippen LogP contribution in [0.5, 0.6) is 11.5 Å². The van der Waals surface area contributed by atoms with Crippen molar-refractivity contribution in [2.75, 3.05) is 58.4 Å². The number of hydrogen-bond acceptors (Lipinski definition) is 6. The third-order valence-electron chi connectivity index (χ3n) is 6.92. The van der Waals surface area contributed by atoms with Crippen LogP contribution in [0.2, 0.25) is 0 Å². The fourth-order valence-corrected chi connectivity index (χ4v) is 6.43. The summed E-state index contributed by atoms with van der Waals surface area (Å²) >= 11 is 0. The Hall–Kier alpha value is -2.99. The van der Waals surface area contributed by atoms with Crippen LogP contribution in [0.1, 0.15) is 18.4 Å². The maximum atomic E-state index is 13.3. The van der Waals surface area contributed by atoms with E-state index in [1.165, 1.54) is 30.7 Å². The molecule has 2 fully saturated rings. The number of carbonyl (C=O) groups excluding carboxylic acids is 1. The van der Waals surface area contributed by atoms with E-state index in [2.05, 4.69) is 0 Å². The van der Waals surface area contributed by atoms with Crippen molar-refractivity contribution in [3.8, 4) is 11.5 Å². The molecule has 0 bridgehead atoms. The number of anilines is 1. The van der Waals surface area contributed by atoms with Crippen LogP contribution in [0.25, 0.3) is 0 Å². The van der Waals surface area contributed by atoms with Gasteiger partial charge in [0, 0.05) is 56.9 Å². The van der Waals surface area contributed by atoms with Crippen LogP contribution < -0.4 is 14.4 Å². The van der Waals surface area contributed by atoms with Crippen LogP contribution in [0, 0.1) is 5.92 Å². The zero-order chi connectivity index (χ0) is 26.8. The molecule has 0 aliphatic carbocycles. The van der Waals surface area contributed by atoms with Gasteiger partial charge in [0.25, 0.3) is 0 Å². The third kappa shape index (κ3) is 5.80. The summed E-state index contributed by atoms with van der Waals surface area (Å²) in [6, 6.07) is 9.79. The lowest BCUT2D eigenvalue weighted by Crippen LogP contribution is -2.52. The second-order valence-corrected chi connectivity index (χ2v) is 11.0. The molecule has 202 valence electrons. The Bertz CT molecular complexity index is 1220. The maximum Gasteiger partial charge on any atom is 0.416 e. The number of piperazine rings is 1. The Balaban J connectivity index is 1.35. The van der Waals surface area contributed by atoms with Crippen molar-refractivity contribution < 1.29 is 35.9 Å². The molecule has 0 saturated carbocycles. The normalized spacial score (nSPS) is 18.1. The molecule has 0 aromatic heterocycles. The average Bonchev–Trinajstić information content (AvgIpc) is 2.92. The number of sulfonamides is 1. The quantitative estimate of drug-likeness (QED) is 0.558. The third-order valence-corrected chi connectivity index (χ3v) is 8.84. The van der Waals surface area contributed by atoms with E-state index in [4.69, 9.17) is 9.47 Å². The van der Waals surface area contributed by atoms with E-state index in [9.17, 15) is 26.4 Å². The van der Waals surface area contributed by atoms with Crippen molar-refractivity contribution in [3.05, 3.63) is 48.0 Å². The fourth-order valence-electron chi connectivity index (χ4n) is 4.79. The zero-order valence-electron chi connectivity index (χ0n) is 20.7. The summed E-state index contributed by atoms with van der Waals surface area (Å²) in [6.45, 7) is 2.04. The molecule has 4 rings (SSSR count). The highest BCUT2D eigenvalue weighted by Crippen LogP contribution is 2.34. The second-order valence-electron chi connectivity index (χ2n) is 9.06. The van der Waals surface area contributed by atoms with Gasteiger partial charge in [0.1, 0.15) is 16.4 Å². The molecule has 0 spiro atoms. The van der Waals surface area contributed by atoms with Gasteiger partial charge in [0.2, 0.25) is 15.9 Å². The molecule has 1 amide bonds. The number of benzene rings is 2. The molecular formula is C25H30F3N3O5S. The van der Waals surface area contributed by atoms with Crippen molar-refractivity contribution in [2.24, 2.45) is 5.92 Å². The second kappa shape index (κ2) is 10.8. The summed E-state index contributed by atoms with van der Waals surface area (Å²) in [6.07, 6.45) is -3.63. The molecule has 2 aromatic rings. The van der Waals surface area contributed by atoms with E-state index < -0.39 is 21.8 Å². The number of carbonyl (C=O) groups is 1. The first-order valence-electron chi connectivity index (χ1n) is 12.0. The molecule has 8 nitrogen and oxygen atoms in total. The van der Waals surface area contributed by atoms with E-state index in [1.807, 2.05) is 4.90 Å². The highest BCUT2D eigenvalue weighted by Gasteiger charge is 2.36. The van der Waals surface area contributed by atoms with Crippen LogP contribution >= 0.6 is 0 Å². The van der Waals surface area contributed by atoms with Gasteiger partial charge in [0.15, 0.2) is 0 Å². The van der Waals surface area contributed by atoms with Gasteiger partial charge in [-0.1, -0.05) is 6.07 Å². The van der Waals surface area contributed by atoms with Crippen LogP contribution in [0.4, 0.5) is 18.9 Å². The van der Waals surface area contributed by atoms with E-state index in [0.29, 0.717) is 50.5 Å². The van der Waals surface area contributed by atoms with E-state index in [0.717, 1.165) is 12.1 Å². The lowest BCUT2D eigenvalue weighted by molar-refractivity contribution is -0.137. The first-order valence-corrected chi connectivity index (χ1v) is 13.4. The lowest BCUT2D eigenvalue weighted by atomic mass is 9.96. The van der Waals surface area contributed by atoms with Gasteiger partial charge >= 0.3 is 6.18 Å². The Labute approximate surface area is 214 Å². The zero-order valence-corrected chi connectivity index (χ0v) is 21.5. The molecule has 0 N–H and O–H groups in total. The Kier molecular flexibility index (Phi) is 7.88. The molecule has 0 unspecified atom stereocenters. The van der Waals surface area contributed by atoms with Crippen molar-refractivity contribution in [1.82, 2.24) is 9.21 Å². The van der Waals surface area contributed by atoms with Gasteiger partial charge in [-0.3, -0.25) is 4.79 Å². The average molecular weight is 542 g/mol. The van der Waals surface area contributed by atoms with Crippen molar-refractivity contribution in [2.45, 2.75) is 23.9 Å². The molecule has 0 radical (unpaired) electrons. The fraction of sp³-hybridized carbons (Fsp3) is 0.480. The number of alkyl halides is 3. The number of amides is 1. The van der Waals surface area contributed by atoms with Crippen molar-refractivity contribution >= 4 is 21.6 Å². The summed E-state index contributed by atoms with van der Waals surface area (Å²) in [5, 5.41) is 0. The predicted octanol–water partition coefficient (Wildman–Crippen LogP) is 3.47. The summed E-state index contributed by atoms with van der Waals surface area (Å²) < 4.78 is 77.5. The number of nitrogens with zero attached hydrogens (tertiary/aromatic N) is 3. The molecular weight excluding hydrogens is 511 g/mol. The molecule has 0 atom stereocenters. The Morgan fingerprint density at radius 1 is 0.919 bits per heavy atom. The van der Waals surface area contributed by atoms with Crippen molar-refractivity contribution in [1.29, 1.82) is 0 Å². The first kappa shape index (κ1) is 27.1. The predicted molar refractivity (Wildman–Crippen MR) is 131 cm³/mol. The highest BCUT2D eigenvalue weighted by molar-refractivity contribution is 7.89. The number of rotatable bonds is 6. The molecule has 2 aliphatic heterocycles. The van der Waals surface area contributed by atoms with E-state index in [-0.39, 0.29) is 35.6 Å². The van der Waals surface area contributed by atoms with Gasteiger partial charge < -0.3 is 19.3 Å². The number of halogens is 3. The Morgan fingerprint density at radius 2 is 1.59 bits per heavy atom. The Morgan fingerprint density at radius 3 is 2.19 bits per heavy atom. The minimum Gasteiger partial charge on any atom is -0.497 e. The smallest absolute Gasteiger partial charge is 0.416 e. The van der Waals surface area contributed by atoms with Crippen LogP contribution in [-0.2, 0) is 21.0 Å². The summed E-state index contributed by atoms with van der Waals surface area (Å²) in [4.78, 5) is 16.7. The topological polar surface area (TPSA) is 79.4 Å². The minimum absolute atomic E-state index is 0.0184. The van der Waals surface area contributed by atoms with E-state index >= 15 is 0 Å². The van der Waals surface area contributed by atoms with Gasteiger partial charge in [-0.25, -0.2) is 8.42 Å². The standard InChI is InChI=1S/C25H30F3N3O5S/c1-35-21-6-7-22(36-2)23(17-21)37(33,34)31-10-8-18(9-11-31)24(32)30-14-12-29(13-15-30)20-5-3-4-19(16-20)25(26,27)28/h3-7,16-18H,8-15H2,1-2H3. The van der Waals surface area contributed by atoms with Crippen molar-refractivity contribution in [3.63, 3.8) is 0 Å². The van der Waals surface area contributed by atoms with Crippen LogP contribution in [0.3, 0.4) is 0 Å². The molecule has 2 aliphatic rings. The van der Waals surface area contributed by atoms with Gasteiger partial charge in [0.05, 0.1) is 19.8 Å². The van der Waals surface area contributed by atoms with Gasteiger partial charge in [-0.15, -0.1) is 0 Å². The maximum absolute atomic E-state index is 13.3. The number of ether oxygens (including phenoxy) is 2. The monoisotopic (exact) mass is 541 g/mol. The largest absolute Gasteiger partial charge is 0.497 e. The summed E-state index contributed by atoms with van der Waals surface area (Å²) in [7, 11) is -0.992. The molecule has 12 heteroatoms. The highest BCUT2D eigenvalue weighted by atomic mass is 32.2. The van der Waals surface area contributed by atoms with Gasteiger partial charge in [-0.2, -0.15) is 17.5 Å². The van der Waals surface area contributed by atoms with Crippen LogP contribution in [-0.4, -0.2) is 77.0 Å². The lowest BCUT2D eigenvalue weighted by Gasteiger charge is -2.39. The van der Waals surface area contributed by atoms with E-state index in [1.54, 1.807) is 23.1 Å². The number of hydrogen-bond donors (Lipinski definition) is 0. The number of methoxy groups -OCH3 is 2. The summed E-state index contributed by atoms with van der Waals surface area (Å²) in [5.41, 5.74) is -0.217. The first-order chi connectivity index (χ1) is 17.5. The summed E-state index contributed by atoms with van der Waals surface area (Å²) in [5.74, 6) is 0.268. The van der Waals surface area contributed by atoms with Crippen LogP contribution in [0.15, 0.2) is 47.4 Å². The SMILES string of the molecule is COc1ccc(OC)c(S(=O)(=O)N2CCC(C(=O)N3CCN(c4cccc(C(F)(F)F)c4)CC3)CC2)c1. The molecule has 2 aromatic carbocycles. The minimum atomic E-state index is -4.41. The van der Waals surface area contributed by atoms with Gasteiger partial charge in [-0.05, 0) is 43.2 Å².